The Morgan fingerprint density at radius 3 is 2.88 bits per heavy atom. The number of nitriles is 1. The number of amides is 3. The first-order valence-electron chi connectivity index (χ1n) is 11.0. The highest BCUT2D eigenvalue weighted by Crippen LogP contribution is 2.23. The Morgan fingerprint density at radius 1 is 1.42 bits per heavy atom. The molecule has 2 aromatic rings. The van der Waals surface area contributed by atoms with E-state index in [9.17, 15) is 9.59 Å². The molecule has 0 aliphatic carbocycles. The van der Waals surface area contributed by atoms with Gasteiger partial charge in [0.2, 0.25) is 0 Å². The summed E-state index contributed by atoms with van der Waals surface area (Å²) in [5.74, 6) is -0.450. The second-order valence-corrected chi connectivity index (χ2v) is 8.91. The molecule has 0 aromatic carbocycles. The molecule has 1 atom stereocenters. The second kappa shape index (κ2) is 12.3. The highest BCUT2D eigenvalue weighted by Gasteiger charge is 2.30. The van der Waals surface area contributed by atoms with Crippen molar-refractivity contribution in [2.24, 2.45) is 5.73 Å². The topological polar surface area (TPSA) is 125 Å². The summed E-state index contributed by atoms with van der Waals surface area (Å²) >= 11 is 1.60. The van der Waals surface area contributed by atoms with Crippen LogP contribution in [0, 0.1) is 11.3 Å². The number of nitrogens with two attached hydrogens (primary N) is 1. The summed E-state index contributed by atoms with van der Waals surface area (Å²) in [5.41, 5.74) is 10.2. The van der Waals surface area contributed by atoms with Gasteiger partial charge >= 0.3 is 6.03 Å². The molecule has 1 aliphatic rings. The van der Waals surface area contributed by atoms with Crippen molar-refractivity contribution in [3.05, 3.63) is 52.0 Å². The first-order chi connectivity index (χ1) is 16.0. The zero-order chi connectivity index (χ0) is 23.6. The lowest BCUT2D eigenvalue weighted by atomic mass is 9.99. The van der Waals surface area contributed by atoms with Gasteiger partial charge in [-0.25, -0.2) is 10.3 Å². The number of carbonyl (C=O) groups excluding carboxylic acids is 2. The van der Waals surface area contributed by atoms with Crippen LogP contribution in [0.1, 0.15) is 47.8 Å². The molecule has 2 aromatic heterocycles. The summed E-state index contributed by atoms with van der Waals surface area (Å²) in [4.78, 5) is 37.9. The van der Waals surface area contributed by atoms with Crippen molar-refractivity contribution in [3.63, 3.8) is 0 Å². The van der Waals surface area contributed by atoms with Gasteiger partial charge in [0.05, 0.1) is 17.3 Å². The van der Waals surface area contributed by atoms with Gasteiger partial charge < -0.3 is 15.5 Å². The van der Waals surface area contributed by atoms with Crippen LogP contribution in [0.3, 0.4) is 0 Å². The number of urea groups is 1. The minimum absolute atomic E-state index is 0.0799. The first-order valence-corrected chi connectivity index (χ1v) is 12.0. The number of rotatable bonds is 10. The van der Waals surface area contributed by atoms with Crippen molar-refractivity contribution in [2.45, 2.75) is 51.2 Å². The van der Waals surface area contributed by atoms with Crippen LogP contribution in [-0.2, 0) is 17.8 Å². The van der Waals surface area contributed by atoms with Gasteiger partial charge in [0.15, 0.2) is 6.61 Å². The van der Waals surface area contributed by atoms with Gasteiger partial charge in [-0.3, -0.25) is 14.6 Å². The molecule has 1 saturated heterocycles. The minimum Gasteiger partial charge on any atom is -0.366 e. The van der Waals surface area contributed by atoms with Crippen molar-refractivity contribution < 1.29 is 14.4 Å². The van der Waals surface area contributed by atoms with Crippen molar-refractivity contribution in [1.82, 2.24) is 20.3 Å². The second-order valence-electron chi connectivity index (χ2n) is 8.13. The third-order valence-electron chi connectivity index (χ3n) is 6.01. The van der Waals surface area contributed by atoms with Crippen LogP contribution in [0.4, 0.5) is 4.79 Å². The van der Waals surface area contributed by atoms with Crippen LogP contribution < -0.4 is 11.2 Å². The number of aryl methyl sites for hydroxylation is 1. The van der Waals surface area contributed by atoms with Crippen LogP contribution in [0.15, 0.2) is 35.2 Å². The smallest absolute Gasteiger partial charge is 0.341 e. The Labute approximate surface area is 198 Å². The Bertz CT molecular complexity index is 953. The fourth-order valence-corrected chi connectivity index (χ4v) is 4.82. The third kappa shape index (κ3) is 6.99. The summed E-state index contributed by atoms with van der Waals surface area (Å²) in [6.07, 6.45) is 4.92. The number of hydrogen-bond acceptors (Lipinski definition) is 7. The minimum atomic E-state index is -0.450. The van der Waals surface area contributed by atoms with E-state index >= 15 is 0 Å². The molecule has 3 amide bonds. The van der Waals surface area contributed by atoms with E-state index in [2.05, 4.69) is 22.3 Å². The molecular weight excluding hydrogens is 440 g/mol. The normalized spacial score (nSPS) is 15.5. The fourth-order valence-electron chi connectivity index (χ4n) is 4.16. The lowest BCUT2D eigenvalue weighted by molar-refractivity contribution is 0.0451. The standard InChI is InChI=1S/C23H30N6O3S/c1-17(4-5-21-20(22(25)30)3-2-10-26-21)28-11-6-19(7-12-28)29(15-18-8-14-33-16-18)23(31)27-32-13-9-24/h2-3,8,10,14,16-17,19H,4-7,11-13,15H2,1H3,(H2,25,30)(H,27,31)/t17-/m1/s1. The molecule has 0 saturated carbocycles. The van der Waals surface area contributed by atoms with Gasteiger partial charge in [-0.2, -0.15) is 16.6 Å². The van der Waals surface area contributed by atoms with Crippen LogP contribution >= 0.6 is 11.3 Å². The SMILES string of the molecule is C[C@H](CCc1ncccc1C(N)=O)N1CCC(N(Cc2ccsc2)C(=O)NOCC#N)CC1. The van der Waals surface area contributed by atoms with E-state index in [1.807, 2.05) is 22.9 Å². The molecular formula is C23H30N6O3S. The van der Waals surface area contributed by atoms with E-state index in [1.54, 1.807) is 34.6 Å². The lowest BCUT2D eigenvalue weighted by Gasteiger charge is -2.40. The maximum atomic E-state index is 12.7. The van der Waals surface area contributed by atoms with Crippen LogP contribution in [-0.4, -0.2) is 58.5 Å². The third-order valence-corrected chi connectivity index (χ3v) is 6.74. The zero-order valence-electron chi connectivity index (χ0n) is 18.8. The molecule has 3 heterocycles. The average molecular weight is 471 g/mol. The van der Waals surface area contributed by atoms with Gasteiger partial charge in [-0.15, -0.1) is 0 Å². The van der Waals surface area contributed by atoms with E-state index in [-0.39, 0.29) is 18.7 Å². The Kier molecular flexibility index (Phi) is 9.18. The maximum absolute atomic E-state index is 12.7. The maximum Gasteiger partial charge on any atom is 0.341 e. The Morgan fingerprint density at radius 2 is 2.21 bits per heavy atom. The zero-order valence-corrected chi connectivity index (χ0v) is 19.6. The largest absolute Gasteiger partial charge is 0.366 e. The predicted molar refractivity (Wildman–Crippen MR) is 125 cm³/mol. The summed E-state index contributed by atoms with van der Waals surface area (Å²) < 4.78 is 0. The van der Waals surface area contributed by atoms with Crippen LogP contribution in [0.2, 0.25) is 0 Å². The van der Waals surface area contributed by atoms with Crippen LogP contribution in [0.25, 0.3) is 0 Å². The summed E-state index contributed by atoms with van der Waals surface area (Å²) in [6, 6.07) is 7.37. The summed E-state index contributed by atoms with van der Waals surface area (Å²) in [7, 11) is 0. The van der Waals surface area contributed by atoms with Crippen molar-refractivity contribution >= 4 is 23.3 Å². The van der Waals surface area contributed by atoms with E-state index in [1.165, 1.54) is 0 Å². The number of aromatic nitrogens is 1. The van der Waals surface area contributed by atoms with Gasteiger partial charge in [-0.1, -0.05) is 0 Å². The molecule has 9 nitrogen and oxygen atoms in total. The predicted octanol–water partition coefficient (Wildman–Crippen LogP) is 2.69. The molecule has 33 heavy (non-hydrogen) atoms. The number of hydrogen-bond donors (Lipinski definition) is 2. The molecule has 3 rings (SSSR count). The Hall–Kier alpha value is -3.00. The number of likely N-dealkylation sites (tertiary alicyclic amines) is 1. The molecule has 0 unspecified atom stereocenters. The average Bonchev–Trinajstić information content (AvgIpc) is 3.34. The van der Waals surface area contributed by atoms with Gasteiger partial charge in [0.1, 0.15) is 0 Å². The summed E-state index contributed by atoms with van der Waals surface area (Å²) in [5, 5.41) is 12.7. The first kappa shape index (κ1) is 24.6. The van der Waals surface area contributed by atoms with Gasteiger partial charge in [0.25, 0.3) is 5.91 Å². The Balaban J connectivity index is 1.55. The highest BCUT2D eigenvalue weighted by molar-refractivity contribution is 7.07. The number of thiophene rings is 1. The number of hydroxylamine groups is 1. The number of carbonyl (C=O) groups is 2. The molecule has 176 valence electrons. The molecule has 3 N–H and O–H groups in total. The van der Waals surface area contributed by atoms with Crippen molar-refractivity contribution in [3.8, 4) is 6.07 Å². The van der Waals surface area contributed by atoms with E-state index in [0.717, 1.165) is 43.6 Å². The number of nitrogens with one attached hydrogen (secondary N) is 1. The number of nitrogens with zero attached hydrogens (tertiary/aromatic N) is 4. The highest BCUT2D eigenvalue weighted by atomic mass is 32.1. The van der Waals surface area contributed by atoms with E-state index in [4.69, 9.17) is 15.8 Å². The molecule has 0 radical (unpaired) electrons. The van der Waals surface area contributed by atoms with Crippen molar-refractivity contribution in [1.29, 1.82) is 5.26 Å². The van der Waals surface area contributed by atoms with E-state index < -0.39 is 5.91 Å². The molecule has 0 bridgehead atoms. The van der Waals surface area contributed by atoms with E-state index in [0.29, 0.717) is 24.6 Å². The molecule has 1 fully saturated rings. The quantitative estimate of drug-likeness (QED) is 0.406. The molecule has 0 spiro atoms. The summed E-state index contributed by atoms with van der Waals surface area (Å²) in [6.45, 7) is 4.22. The van der Waals surface area contributed by atoms with Gasteiger partial charge in [-0.05, 0) is 67.1 Å². The monoisotopic (exact) mass is 470 g/mol. The lowest BCUT2D eigenvalue weighted by Crippen LogP contribution is -2.51. The van der Waals surface area contributed by atoms with Gasteiger partial charge in [0, 0.05) is 37.9 Å². The van der Waals surface area contributed by atoms with Crippen LogP contribution in [0.5, 0.6) is 0 Å². The number of pyridine rings is 1. The number of primary amides is 1. The number of piperidine rings is 1. The fraction of sp³-hybridized carbons (Fsp3) is 0.478. The van der Waals surface area contributed by atoms with Crippen molar-refractivity contribution in [2.75, 3.05) is 19.7 Å². The molecule has 1 aliphatic heterocycles. The molecule has 10 heteroatoms.